The second kappa shape index (κ2) is 25.5. The van der Waals surface area contributed by atoms with Crippen molar-refractivity contribution in [3.05, 3.63) is 0 Å². The van der Waals surface area contributed by atoms with Crippen LogP contribution < -0.4 is 0 Å². The Morgan fingerprint density at radius 1 is 0.224 bits per heavy atom. The summed E-state index contributed by atoms with van der Waals surface area (Å²) in [6.07, 6.45) is -22.3. The van der Waals surface area contributed by atoms with Gasteiger partial charge in [-0.3, -0.25) is 0 Å². The zero-order valence-corrected chi connectivity index (χ0v) is 38.2. The predicted molar refractivity (Wildman–Crippen MR) is 192 cm³/mol. The molecule has 0 heterocycles. The second-order valence-corrected chi connectivity index (χ2v) is 17.3. The minimum absolute atomic E-state index is 0.0656. The normalized spacial score (nSPS) is 15.6. The van der Waals surface area contributed by atoms with E-state index in [0.717, 1.165) is 0 Å². The third kappa shape index (κ3) is 14.7. The summed E-state index contributed by atoms with van der Waals surface area (Å²) in [5.74, 6) is -113. The molecule has 0 fully saturated rings. The van der Waals surface area contributed by atoms with Gasteiger partial charge in [0.2, 0.25) is 0 Å². The van der Waals surface area contributed by atoms with Crippen LogP contribution in [-0.2, 0) is 9.47 Å². The van der Waals surface area contributed by atoms with Crippen molar-refractivity contribution in [2.45, 2.75) is 217 Å². The van der Waals surface area contributed by atoms with Gasteiger partial charge in [0, 0.05) is 26.1 Å². The average molecular weight is 1210 g/mol. The van der Waals surface area contributed by atoms with Gasteiger partial charge < -0.3 is 14.6 Å². The summed E-state index contributed by atoms with van der Waals surface area (Å²) in [6, 6.07) is 0. The molecule has 0 radical (unpaired) electrons. The van der Waals surface area contributed by atoms with Gasteiger partial charge in [-0.25, -0.2) is 0 Å². The van der Waals surface area contributed by atoms with Crippen molar-refractivity contribution in [2.75, 3.05) is 26.4 Å². The molecule has 0 atom stereocenters. The van der Waals surface area contributed by atoms with Crippen molar-refractivity contribution in [2.24, 2.45) is 0 Å². The minimum atomic E-state index is -8.69. The Kier molecular flexibility index (Phi) is 24.7. The molecule has 0 aromatic carbocycles. The molecule has 0 aliphatic heterocycles. The van der Waals surface area contributed by atoms with E-state index in [1.165, 1.54) is 0 Å². The van der Waals surface area contributed by atoms with Crippen molar-refractivity contribution in [3.63, 3.8) is 0 Å². The quantitative estimate of drug-likeness (QED) is 0.0495. The number of aliphatic hydroxyl groups excluding tert-OH is 1. The molecule has 0 aliphatic rings. The van der Waals surface area contributed by atoms with Gasteiger partial charge in [-0.2, -0.15) is 149 Å². The SMILES string of the molecule is OC(COCCCCCCCCCCC(F)(F)C(F)(F)C(F)(F)C(F)(F)C(F)(F)C(F)(F)C(F)(F)C(F)(F)F)COCCCCCCCCCCC(F)(F)C(F)(F)C(F)(F)C(F)(F)C(F)(F)C(F)(F)C(F)(F)C(F)(F)F. The fraction of sp³-hybridized carbons (Fsp3) is 1.00. The largest absolute Gasteiger partial charge is 0.460 e. The topological polar surface area (TPSA) is 38.7 Å². The highest BCUT2D eigenvalue weighted by Gasteiger charge is 2.97. The predicted octanol–water partition coefficient (Wildman–Crippen LogP) is 17.4. The van der Waals surface area contributed by atoms with Crippen molar-refractivity contribution >= 4 is 0 Å². The third-order valence-corrected chi connectivity index (χ3v) is 11.3. The summed E-state index contributed by atoms with van der Waals surface area (Å²) >= 11 is 0. The fourth-order valence-electron chi connectivity index (χ4n) is 6.42. The monoisotopic (exact) mass is 1210 g/mol. The van der Waals surface area contributed by atoms with Gasteiger partial charge >= 0.3 is 95.3 Å². The van der Waals surface area contributed by atoms with Gasteiger partial charge in [-0.1, -0.05) is 77.0 Å². The van der Waals surface area contributed by atoms with Crippen LogP contribution >= 0.6 is 0 Å². The fourth-order valence-corrected chi connectivity index (χ4v) is 6.42. The molecule has 0 saturated heterocycles. The molecule has 0 aliphatic carbocycles. The highest BCUT2D eigenvalue weighted by molar-refractivity contribution is 5.16. The van der Waals surface area contributed by atoms with Crippen LogP contribution in [0.4, 0.5) is 149 Å². The summed E-state index contributed by atoms with van der Waals surface area (Å²) in [5, 5.41) is 9.90. The molecule has 1 N–H and O–H groups in total. The first-order valence-corrected chi connectivity index (χ1v) is 21.9. The lowest BCUT2D eigenvalue weighted by atomic mass is 9.87. The van der Waals surface area contributed by atoms with Gasteiger partial charge in [0.05, 0.1) is 13.2 Å². The van der Waals surface area contributed by atoms with E-state index in [-0.39, 0.29) is 52.1 Å². The number of rotatable bonds is 38. The highest BCUT2D eigenvalue weighted by atomic mass is 19.4. The molecule has 0 bridgehead atoms. The maximum atomic E-state index is 14.0. The van der Waals surface area contributed by atoms with E-state index in [1.807, 2.05) is 0 Å². The van der Waals surface area contributed by atoms with Crippen molar-refractivity contribution in [1.82, 2.24) is 0 Å². The molecule has 458 valence electrons. The van der Waals surface area contributed by atoms with Crippen LogP contribution in [0.2, 0.25) is 0 Å². The Morgan fingerprint density at radius 2 is 0.395 bits per heavy atom. The first-order valence-electron chi connectivity index (χ1n) is 21.9. The Hall–Kier alpha value is -2.50. The molecule has 0 saturated carbocycles. The molecule has 37 heteroatoms. The van der Waals surface area contributed by atoms with Crippen LogP contribution in [0.15, 0.2) is 0 Å². The van der Waals surface area contributed by atoms with E-state index >= 15 is 0 Å². The standard InChI is InChI=1S/C39H46F34O3/c40-24(41,26(44,45)28(48,49)30(52,53)32(56,57)34(60,61)36(64,65)38(68,69)70)17-13-9-5-1-3-7-11-15-19-75-21-23(74)22-76-20-16-12-8-4-2-6-10-14-18-25(42,43)27(46,47)29(50,51)31(54,55)33(58,59)35(62,63)37(66,67)39(71,72)73/h23,74H,1-22H2. The van der Waals surface area contributed by atoms with Gasteiger partial charge in [-0.15, -0.1) is 0 Å². The van der Waals surface area contributed by atoms with Crippen LogP contribution in [0.3, 0.4) is 0 Å². The lowest BCUT2D eigenvalue weighted by Gasteiger charge is -2.42. The number of halogens is 34. The van der Waals surface area contributed by atoms with Crippen LogP contribution in [0.25, 0.3) is 0 Å². The van der Waals surface area contributed by atoms with E-state index < -0.39 is 140 Å². The zero-order chi connectivity index (χ0) is 60.5. The molecule has 0 aromatic rings. The first kappa shape index (κ1) is 73.5. The number of unbranched alkanes of at least 4 members (excludes halogenated alkanes) is 14. The van der Waals surface area contributed by atoms with E-state index in [1.54, 1.807) is 0 Å². The second-order valence-electron chi connectivity index (χ2n) is 17.3. The van der Waals surface area contributed by atoms with E-state index in [0.29, 0.717) is 51.4 Å². The summed E-state index contributed by atoms with van der Waals surface area (Å²) < 4.78 is 465. The molecule has 0 aromatic heterocycles. The lowest BCUT2D eigenvalue weighted by molar-refractivity contribution is -0.461. The Balaban J connectivity index is 4.48. The van der Waals surface area contributed by atoms with Crippen LogP contribution in [0.1, 0.15) is 116 Å². The molecular weight excluding hydrogens is 1160 g/mol. The molecule has 0 spiro atoms. The Morgan fingerprint density at radius 3 is 0.605 bits per heavy atom. The van der Waals surface area contributed by atoms with Crippen molar-refractivity contribution in [1.29, 1.82) is 0 Å². The van der Waals surface area contributed by atoms with E-state index in [9.17, 15) is 154 Å². The van der Waals surface area contributed by atoms with Crippen LogP contribution in [0, 0.1) is 0 Å². The molecule has 0 unspecified atom stereocenters. The van der Waals surface area contributed by atoms with Gasteiger partial charge in [-0.05, 0) is 25.7 Å². The number of aliphatic hydroxyl groups is 1. The van der Waals surface area contributed by atoms with E-state index in [4.69, 9.17) is 9.47 Å². The summed E-state index contributed by atoms with van der Waals surface area (Å²) in [4.78, 5) is 0. The molecule has 3 nitrogen and oxygen atoms in total. The Labute approximate surface area is 407 Å². The summed E-state index contributed by atoms with van der Waals surface area (Å²) in [5.41, 5.74) is 0. The van der Waals surface area contributed by atoms with Crippen LogP contribution in [-0.4, -0.2) is 133 Å². The highest BCUT2D eigenvalue weighted by Crippen LogP contribution is 2.66. The number of hydrogen-bond donors (Lipinski definition) is 1. The lowest BCUT2D eigenvalue weighted by Crippen LogP contribution is -2.74. The number of hydrogen-bond acceptors (Lipinski definition) is 3. The van der Waals surface area contributed by atoms with Gasteiger partial charge in [0.1, 0.15) is 6.10 Å². The van der Waals surface area contributed by atoms with Crippen molar-refractivity contribution in [3.8, 4) is 0 Å². The van der Waals surface area contributed by atoms with Gasteiger partial charge in [0.25, 0.3) is 0 Å². The third-order valence-electron chi connectivity index (χ3n) is 11.3. The zero-order valence-electron chi connectivity index (χ0n) is 38.2. The molecular formula is C39H46F34O3. The summed E-state index contributed by atoms with van der Waals surface area (Å²) in [6.45, 7) is -0.348. The van der Waals surface area contributed by atoms with Crippen molar-refractivity contribution < 1.29 is 164 Å². The maximum absolute atomic E-state index is 14.0. The molecule has 0 amide bonds. The maximum Gasteiger partial charge on any atom is 0.460 e. The molecule has 0 rings (SSSR count). The Bertz CT molecular complexity index is 1600. The first-order chi connectivity index (χ1) is 33.6. The molecule has 76 heavy (non-hydrogen) atoms. The summed E-state index contributed by atoms with van der Waals surface area (Å²) in [7, 11) is 0. The van der Waals surface area contributed by atoms with Gasteiger partial charge in [0.15, 0.2) is 0 Å². The number of ether oxygens (including phenoxy) is 2. The van der Waals surface area contributed by atoms with E-state index in [2.05, 4.69) is 0 Å². The van der Waals surface area contributed by atoms with Crippen LogP contribution in [0.5, 0.6) is 0 Å². The number of alkyl halides is 34. The average Bonchev–Trinajstić information content (AvgIpc) is 3.25. The minimum Gasteiger partial charge on any atom is -0.388 e. The smallest absolute Gasteiger partial charge is 0.388 e.